The molecule has 9 nitrogen and oxygen atoms in total. The first-order valence-electron chi connectivity index (χ1n) is 10.7. The van der Waals surface area contributed by atoms with Crippen LogP contribution in [0.1, 0.15) is 30.9 Å². The second kappa shape index (κ2) is 14.1. The number of hydrogen-bond donors (Lipinski definition) is 4. The highest BCUT2D eigenvalue weighted by Crippen LogP contribution is 2.21. The fraction of sp³-hybridized carbons (Fsp3) is 0.727. The Morgan fingerprint density at radius 2 is 1.39 bits per heavy atom. The highest BCUT2D eigenvalue weighted by atomic mass is 16.7. The summed E-state index contributed by atoms with van der Waals surface area (Å²) in [7, 11) is 0. The van der Waals surface area contributed by atoms with Crippen LogP contribution >= 0.6 is 0 Å². The number of hydrogen-bond acceptors (Lipinski definition) is 9. The molecule has 1 aliphatic rings. The van der Waals surface area contributed by atoms with Crippen LogP contribution in [0.3, 0.4) is 0 Å². The fourth-order valence-corrected chi connectivity index (χ4v) is 3.06. The van der Waals surface area contributed by atoms with E-state index >= 15 is 0 Å². The van der Waals surface area contributed by atoms with Crippen molar-refractivity contribution >= 4 is 0 Å². The van der Waals surface area contributed by atoms with Crippen molar-refractivity contribution in [3.8, 4) is 0 Å². The molecule has 0 amide bonds. The van der Waals surface area contributed by atoms with Gasteiger partial charge in [-0.05, 0) is 17.0 Å². The van der Waals surface area contributed by atoms with Gasteiger partial charge < -0.3 is 44.1 Å². The average Bonchev–Trinajstić information content (AvgIpc) is 2.77. The summed E-state index contributed by atoms with van der Waals surface area (Å²) < 4.78 is 27.0. The topological polar surface area (TPSA) is 127 Å². The van der Waals surface area contributed by atoms with Crippen LogP contribution in [0.2, 0.25) is 0 Å². The lowest BCUT2D eigenvalue weighted by atomic mass is 9.99. The summed E-state index contributed by atoms with van der Waals surface area (Å²) in [5, 5.41) is 38.4. The Morgan fingerprint density at radius 3 is 1.97 bits per heavy atom. The van der Waals surface area contributed by atoms with E-state index in [0.717, 1.165) is 5.56 Å². The van der Waals surface area contributed by atoms with E-state index in [1.54, 1.807) is 0 Å². The van der Waals surface area contributed by atoms with Gasteiger partial charge in [0.1, 0.15) is 24.4 Å². The van der Waals surface area contributed by atoms with Gasteiger partial charge in [0.2, 0.25) is 0 Å². The number of aliphatic hydroxyl groups excluding tert-OH is 4. The van der Waals surface area contributed by atoms with Gasteiger partial charge in [-0.1, -0.05) is 38.1 Å². The van der Waals surface area contributed by atoms with Crippen LogP contribution in [0.5, 0.6) is 0 Å². The Bertz CT molecular complexity index is 593. The zero-order valence-corrected chi connectivity index (χ0v) is 18.3. The molecule has 2 rings (SSSR count). The Balaban J connectivity index is 1.44. The van der Waals surface area contributed by atoms with Crippen LogP contribution in [0.15, 0.2) is 24.3 Å². The van der Waals surface area contributed by atoms with E-state index in [0.29, 0.717) is 39.0 Å². The zero-order chi connectivity index (χ0) is 22.6. The van der Waals surface area contributed by atoms with Crippen LogP contribution in [-0.4, -0.2) is 97.4 Å². The first kappa shape index (κ1) is 26.1. The van der Waals surface area contributed by atoms with Crippen molar-refractivity contribution in [1.82, 2.24) is 0 Å². The van der Waals surface area contributed by atoms with E-state index in [1.165, 1.54) is 5.56 Å². The normalized spacial score (nSPS) is 26.5. The highest BCUT2D eigenvalue weighted by Gasteiger charge is 2.43. The minimum atomic E-state index is -1.45. The van der Waals surface area contributed by atoms with E-state index in [2.05, 4.69) is 38.1 Å². The van der Waals surface area contributed by atoms with Gasteiger partial charge in [-0.3, -0.25) is 0 Å². The Kier molecular flexibility index (Phi) is 11.9. The molecule has 9 heteroatoms. The highest BCUT2D eigenvalue weighted by molar-refractivity contribution is 5.24. The van der Waals surface area contributed by atoms with Gasteiger partial charge >= 0.3 is 0 Å². The maximum Gasteiger partial charge on any atom is 0.186 e. The SMILES string of the molecule is CC(C)c1ccc(COCCOCCOCCOC2OC(CO)C(O)C(O)C2O)cc1. The molecule has 31 heavy (non-hydrogen) atoms. The summed E-state index contributed by atoms with van der Waals surface area (Å²) in [6.07, 6.45) is -6.39. The van der Waals surface area contributed by atoms with Crippen molar-refractivity contribution < 1.29 is 44.1 Å². The van der Waals surface area contributed by atoms with Gasteiger partial charge in [0, 0.05) is 0 Å². The first-order chi connectivity index (χ1) is 14.9. The number of aliphatic hydroxyl groups is 4. The summed E-state index contributed by atoms with van der Waals surface area (Å²) in [5.74, 6) is 0.518. The minimum Gasteiger partial charge on any atom is -0.394 e. The maximum absolute atomic E-state index is 9.86. The van der Waals surface area contributed by atoms with E-state index in [4.69, 9.17) is 28.8 Å². The van der Waals surface area contributed by atoms with Crippen LogP contribution in [0.25, 0.3) is 0 Å². The molecule has 4 N–H and O–H groups in total. The van der Waals surface area contributed by atoms with Gasteiger partial charge in [-0.15, -0.1) is 0 Å². The summed E-state index contributed by atoms with van der Waals surface area (Å²) in [6.45, 7) is 6.48. The molecule has 1 aromatic rings. The standard InChI is InChI=1S/C22H36O9/c1-15(2)17-5-3-16(4-6-17)14-29-10-9-27-7-8-28-11-12-30-22-21(26)20(25)19(24)18(13-23)31-22/h3-6,15,18-26H,7-14H2,1-2H3. The molecule has 0 saturated carbocycles. The van der Waals surface area contributed by atoms with Crippen LogP contribution in [-0.2, 0) is 30.3 Å². The van der Waals surface area contributed by atoms with Crippen molar-refractivity contribution in [2.75, 3.05) is 46.2 Å². The second-order valence-corrected chi connectivity index (χ2v) is 7.74. The molecule has 1 aromatic carbocycles. The third-order valence-corrected chi connectivity index (χ3v) is 5.02. The van der Waals surface area contributed by atoms with E-state index in [1.807, 2.05) is 0 Å². The van der Waals surface area contributed by atoms with Crippen molar-refractivity contribution in [2.24, 2.45) is 0 Å². The third-order valence-electron chi connectivity index (χ3n) is 5.02. The predicted octanol–water partition coefficient (Wildman–Crippen LogP) is 0.176. The molecule has 1 fully saturated rings. The van der Waals surface area contributed by atoms with Crippen molar-refractivity contribution in [3.63, 3.8) is 0 Å². The average molecular weight is 445 g/mol. The lowest BCUT2D eigenvalue weighted by Gasteiger charge is -2.39. The van der Waals surface area contributed by atoms with Crippen molar-refractivity contribution in [3.05, 3.63) is 35.4 Å². The van der Waals surface area contributed by atoms with Gasteiger partial charge in [-0.25, -0.2) is 0 Å². The number of ether oxygens (including phenoxy) is 5. The largest absolute Gasteiger partial charge is 0.394 e. The van der Waals surface area contributed by atoms with Gasteiger partial charge in [0.15, 0.2) is 6.29 Å². The molecule has 0 spiro atoms. The summed E-state index contributed by atoms with van der Waals surface area (Å²) in [6, 6.07) is 8.41. The summed E-state index contributed by atoms with van der Waals surface area (Å²) in [5.41, 5.74) is 2.44. The van der Waals surface area contributed by atoms with Crippen LogP contribution < -0.4 is 0 Å². The molecule has 1 aliphatic heterocycles. The smallest absolute Gasteiger partial charge is 0.186 e. The zero-order valence-electron chi connectivity index (χ0n) is 18.3. The molecule has 0 bridgehead atoms. The van der Waals surface area contributed by atoms with E-state index in [9.17, 15) is 15.3 Å². The molecular weight excluding hydrogens is 408 g/mol. The van der Waals surface area contributed by atoms with Crippen molar-refractivity contribution in [1.29, 1.82) is 0 Å². The van der Waals surface area contributed by atoms with E-state index < -0.39 is 37.3 Å². The Hall–Kier alpha value is -1.14. The Labute approximate surface area is 183 Å². The quantitative estimate of drug-likeness (QED) is 0.297. The predicted molar refractivity (Wildman–Crippen MR) is 112 cm³/mol. The fourth-order valence-electron chi connectivity index (χ4n) is 3.06. The van der Waals surface area contributed by atoms with Gasteiger partial charge in [0.25, 0.3) is 0 Å². The molecule has 0 radical (unpaired) electrons. The molecule has 178 valence electrons. The second-order valence-electron chi connectivity index (χ2n) is 7.74. The maximum atomic E-state index is 9.86. The van der Waals surface area contributed by atoms with Crippen LogP contribution in [0, 0.1) is 0 Å². The summed E-state index contributed by atoms with van der Waals surface area (Å²) >= 11 is 0. The number of rotatable bonds is 14. The lowest BCUT2D eigenvalue weighted by Crippen LogP contribution is -2.59. The molecule has 5 unspecified atom stereocenters. The first-order valence-corrected chi connectivity index (χ1v) is 10.7. The summed E-state index contributed by atoms with van der Waals surface area (Å²) in [4.78, 5) is 0. The van der Waals surface area contributed by atoms with Crippen LogP contribution in [0.4, 0.5) is 0 Å². The van der Waals surface area contributed by atoms with Gasteiger partial charge in [0.05, 0.1) is 52.9 Å². The Morgan fingerprint density at radius 1 is 0.806 bits per heavy atom. The van der Waals surface area contributed by atoms with E-state index in [-0.39, 0.29) is 13.2 Å². The van der Waals surface area contributed by atoms with Crippen molar-refractivity contribution in [2.45, 2.75) is 57.1 Å². The molecule has 0 aliphatic carbocycles. The minimum absolute atomic E-state index is 0.113. The number of benzene rings is 1. The molecule has 0 aromatic heterocycles. The third kappa shape index (κ3) is 8.72. The molecule has 1 heterocycles. The monoisotopic (exact) mass is 444 g/mol. The lowest BCUT2D eigenvalue weighted by molar-refractivity contribution is -0.302. The molecule has 5 atom stereocenters. The molecular formula is C22H36O9. The van der Waals surface area contributed by atoms with Gasteiger partial charge in [-0.2, -0.15) is 0 Å². The molecule has 1 saturated heterocycles.